The van der Waals surface area contributed by atoms with Gasteiger partial charge in [0.05, 0.1) is 4.83 Å². The molecule has 1 atom stereocenters. The van der Waals surface area contributed by atoms with Gasteiger partial charge in [0.15, 0.2) is 5.78 Å². The molecular weight excluding hydrogens is 228 g/mol. The summed E-state index contributed by atoms with van der Waals surface area (Å²) in [5, 5.41) is 0. The number of rotatable bonds is 3. The van der Waals surface area contributed by atoms with Crippen LogP contribution >= 0.6 is 15.9 Å². The van der Waals surface area contributed by atoms with E-state index >= 15 is 0 Å². The molecule has 70 valence electrons. The first-order chi connectivity index (χ1) is 6.13. The SMILES string of the molecule is CC(C)[C@H](Br)C(=O)c1ccccc1. The minimum Gasteiger partial charge on any atom is -0.293 e. The molecule has 0 aromatic heterocycles. The van der Waals surface area contributed by atoms with Crippen molar-refractivity contribution in [3.8, 4) is 0 Å². The van der Waals surface area contributed by atoms with Gasteiger partial charge in [-0.15, -0.1) is 0 Å². The molecule has 0 radical (unpaired) electrons. The molecule has 0 saturated carbocycles. The van der Waals surface area contributed by atoms with Crippen LogP contribution in [0.5, 0.6) is 0 Å². The summed E-state index contributed by atoms with van der Waals surface area (Å²) >= 11 is 3.39. The Bertz CT molecular complexity index is 279. The highest BCUT2D eigenvalue weighted by molar-refractivity contribution is 9.10. The van der Waals surface area contributed by atoms with Gasteiger partial charge in [0.25, 0.3) is 0 Å². The van der Waals surface area contributed by atoms with E-state index < -0.39 is 0 Å². The lowest BCUT2D eigenvalue weighted by atomic mass is 10.0. The number of ketones is 1. The fourth-order valence-corrected chi connectivity index (χ4v) is 1.33. The van der Waals surface area contributed by atoms with Crippen LogP contribution < -0.4 is 0 Å². The first-order valence-corrected chi connectivity index (χ1v) is 5.28. The Morgan fingerprint density at radius 3 is 2.23 bits per heavy atom. The first kappa shape index (κ1) is 10.5. The average molecular weight is 241 g/mol. The number of halogens is 1. The summed E-state index contributed by atoms with van der Waals surface area (Å²) in [6.07, 6.45) is 0. The molecule has 0 aliphatic carbocycles. The molecule has 1 nitrogen and oxygen atoms in total. The Hall–Kier alpha value is -0.630. The Morgan fingerprint density at radius 2 is 1.77 bits per heavy atom. The van der Waals surface area contributed by atoms with Crippen molar-refractivity contribution < 1.29 is 4.79 Å². The zero-order valence-electron chi connectivity index (χ0n) is 7.83. The van der Waals surface area contributed by atoms with Crippen molar-refractivity contribution in [2.24, 2.45) is 5.92 Å². The van der Waals surface area contributed by atoms with Crippen LogP contribution in [0.2, 0.25) is 0 Å². The second kappa shape index (κ2) is 4.56. The lowest BCUT2D eigenvalue weighted by Crippen LogP contribution is -2.19. The van der Waals surface area contributed by atoms with Gasteiger partial charge >= 0.3 is 0 Å². The van der Waals surface area contributed by atoms with E-state index in [2.05, 4.69) is 15.9 Å². The number of hydrogen-bond donors (Lipinski definition) is 0. The largest absolute Gasteiger partial charge is 0.293 e. The minimum absolute atomic E-state index is 0.0742. The monoisotopic (exact) mass is 240 g/mol. The molecular formula is C11H13BrO. The molecule has 0 bridgehead atoms. The Balaban J connectivity index is 2.80. The predicted molar refractivity (Wildman–Crippen MR) is 58.3 cm³/mol. The molecule has 1 aromatic rings. The molecule has 0 fully saturated rings. The smallest absolute Gasteiger partial charge is 0.176 e. The van der Waals surface area contributed by atoms with E-state index in [-0.39, 0.29) is 10.6 Å². The molecule has 0 aliphatic rings. The third-order valence-electron chi connectivity index (χ3n) is 1.89. The highest BCUT2D eigenvalue weighted by Crippen LogP contribution is 2.17. The Kier molecular flexibility index (Phi) is 3.67. The van der Waals surface area contributed by atoms with Crippen molar-refractivity contribution in [2.75, 3.05) is 0 Å². The van der Waals surface area contributed by atoms with Crippen LogP contribution in [-0.2, 0) is 0 Å². The van der Waals surface area contributed by atoms with Crippen molar-refractivity contribution >= 4 is 21.7 Å². The molecule has 13 heavy (non-hydrogen) atoms. The van der Waals surface area contributed by atoms with Gasteiger partial charge in [-0.3, -0.25) is 4.79 Å². The molecule has 0 aliphatic heterocycles. The summed E-state index contributed by atoms with van der Waals surface area (Å²) in [6, 6.07) is 9.37. The Morgan fingerprint density at radius 1 is 1.23 bits per heavy atom. The maximum Gasteiger partial charge on any atom is 0.176 e. The molecule has 0 N–H and O–H groups in total. The van der Waals surface area contributed by atoms with E-state index in [1.54, 1.807) is 0 Å². The van der Waals surface area contributed by atoms with Gasteiger partial charge in [0.2, 0.25) is 0 Å². The van der Waals surface area contributed by atoms with Crippen LogP contribution in [-0.4, -0.2) is 10.6 Å². The van der Waals surface area contributed by atoms with Crippen molar-refractivity contribution in [3.63, 3.8) is 0 Å². The lowest BCUT2D eigenvalue weighted by Gasteiger charge is -2.11. The number of hydrogen-bond acceptors (Lipinski definition) is 1. The zero-order valence-corrected chi connectivity index (χ0v) is 9.41. The molecule has 0 unspecified atom stereocenters. The van der Waals surface area contributed by atoms with E-state index in [9.17, 15) is 4.79 Å². The third kappa shape index (κ3) is 2.66. The van der Waals surface area contributed by atoms with Gasteiger partial charge < -0.3 is 0 Å². The standard InChI is InChI=1S/C11H13BrO/c1-8(2)10(12)11(13)9-6-4-3-5-7-9/h3-8,10H,1-2H3/t10-/m0/s1. The highest BCUT2D eigenvalue weighted by Gasteiger charge is 2.19. The van der Waals surface area contributed by atoms with Crippen LogP contribution in [0.1, 0.15) is 24.2 Å². The van der Waals surface area contributed by atoms with Gasteiger partial charge in [-0.25, -0.2) is 0 Å². The van der Waals surface area contributed by atoms with E-state index in [0.717, 1.165) is 5.56 Å². The average Bonchev–Trinajstić information content (AvgIpc) is 2.17. The van der Waals surface area contributed by atoms with Gasteiger partial charge in [-0.1, -0.05) is 60.1 Å². The predicted octanol–water partition coefficient (Wildman–Crippen LogP) is 3.29. The van der Waals surface area contributed by atoms with Crippen LogP contribution in [0.15, 0.2) is 30.3 Å². The maximum atomic E-state index is 11.7. The maximum absolute atomic E-state index is 11.7. The van der Waals surface area contributed by atoms with Gasteiger partial charge in [-0.05, 0) is 5.92 Å². The fraction of sp³-hybridized carbons (Fsp3) is 0.364. The van der Waals surface area contributed by atoms with Gasteiger partial charge in [0, 0.05) is 5.56 Å². The van der Waals surface area contributed by atoms with Crippen LogP contribution in [0.25, 0.3) is 0 Å². The van der Waals surface area contributed by atoms with E-state index in [0.29, 0.717) is 5.92 Å². The number of Topliss-reactive ketones (excluding diaryl/α,β-unsaturated/α-hetero) is 1. The normalized spacial score (nSPS) is 12.9. The summed E-state index contributed by atoms with van der Waals surface area (Å²) < 4.78 is 0. The van der Waals surface area contributed by atoms with Crippen molar-refractivity contribution in [1.29, 1.82) is 0 Å². The molecule has 1 rings (SSSR count). The second-order valence-electron chi connectivity index (χ2n) is 3.38. The van der Waals surface area contributed by atoms with Crippen LogP contribution in [0, 0.1) is 5.92 Å². The van der Waals surface area contributed by atoms with Crippen LogP contribution in [0.3, 0.4) is 0 Å². The van der Waals surface area contributed by atoms with E-state index in [1.165, 1.54) is 0 Å². The Labute approximate surface area is 87.3 Å². The zero-order chi connectivity index (χ0) is 9.84. The number of alkyl halides is 1. The molecule has 2 heteroatoms. The third-order valence-corrected chi connectivity index (χ3v) is 3.37. The molecule has 0 spiro atoms. The molecule has 0 amide bonds. The minimum atomic E-state index is -0.0742. The molecule has 1 aromatic carbocycles. The summed E-state index contributed by atoms with van der Waals surface area (Å²) in [5.74, 6) is 0.489. The summed E-state index contributed by atoms with van der Waals surface area (Å²) in [6.45, 7) is 4.06. The number of carbonyl (C=O) groups excluding carboxylic acids is 1. The van der Waals surface area contributed by atoms with E-state index in [4.69, 9.17) is 0 Å². The topological polar surface area (TPSA) is 17.1 Å². The number of carbonyl (C=O) groups is 1. The summed E-state index contributed by atoms with van der Waals surface area (Å²) in [7, 11) is 0. The van der Waals surface area contributed by atoms with Gasteiger partial charge in [0.1, 0.15) is 0 Å². The van der Waals surface area contributed by atoms with Crippen molar-refractivity contribution in [1.82, 2.24) is 0 Å². The first-order valence-electron chi connectivity index (χ1n) is 4.36. The summed E-state index contributed by atoms with van der Waals surface area (Å²) in [4.78, 5) is 11.7. The molecule has 0 saturated heterocycles. The van der Waals surface area contributed by atoms with Gasteiger partial charge in [-0.2, -0.15) is 0 Å². The highest BCUT2D eigenvalue weighted by atomic mass is 79.9. The molecule has 0 heterocycles. The van der Waals surface area contributed by atoms with Crippen LogP contribution in [0.4, 0.5) is 0 Å². The number of benzene rings is 1. The van der Waals surface area contributed by atoms with E-state index in [1.807, 2.05) is 44.2 Å². The lowest BCUT2D eigenvalue weighted by molar-refractivity contribution is 0.0978. The fourth-order valence-electron chi connectivity index (χ4n) is 1.06. The van der Waals surface area contributed by atoms with Crippen molar-refractivity contribution in [2.45, 2.75) is 18.7 Å². The van der Waals surface area contributed by atoms with Crippen molar-refractivity contribution in [3.05, 3.63) is 35.9 Å². The summed E-state index contributed by atoms with van der Waals surface area (Å²) in [5.41, 5.74) is 0.776. The quantitative estimate of drug-likeness (QED) is 0.586. The second-order valence-corrected chi connectivity index (χ2v) is 4.36.